The van der Waals surface area contributed by atoms with Gasteiger partial charge in [-0.2, -0.15) is 0 Å². The topological polar surface area (TPSA) is 74.3 Å². The number of rotatable bonds is 7. The Bertz CT molecular complexity index is 995. The van der Waals surface area contributed by atoms with Crippen LogP contribution in [0.3, 0.4) is 0 Å². The number of ether oxygens (including phenoxy) is 1. The molecular formula is C22H26N2O3. The average Bonchev–Trinajstić information content (AvgIpc) is 2.61. The van der Waals surface area contributed by atoms with Gasteiger partial charge in [-0.3, -0.25) is 4.79 Å². The molecule has 3 rings (SSSR count). The van der Waals surface area contributed by atoms with E-state index in [-0.39, 0.29) is 12.2 Å². The van der Waals surface area contributed by atoms with Gasteiger partial charge in [0.05, 0.1) is 0 Å². The Labute approximate surface area is 159 Å². The minimum Gasteiger partial charge on any atom is -0.491 e. The van der Waals surface area contributed by atoms with Crippen LogP contribution in [0.2, 0.25) is 0 Å². The normalized spacial score (nSPS) is 12.3. The van der Waals surface area contributed by atoms with Crippen LogP contribution < -0.4 is 15.6 Å². The highest BCUT2D eigenvalue weighted by Gasteiger charge is 2.08. The van der Waals surface area contributed by atoms with Crippen LogP contribution in [0.5, 0.6) is 5.75 Å². The second-order valence-electron chi connectivity index (χ2n) is 7.08. The summed E-state index contributed by atoms with van der Waals surface area (Å²) in [4.78, 5) is 15.1. The maximum atomic E-state index is 12.2. The Morgan fingerprint density at radius 3 is 2.59 bits per heavy atom. The first-order chi connectivity index (χ1) is 12.9. The molecule has 1 atom stereocenters. The van der Waals surface area contributed by atoms with Crippen LogP contribution in [0.1, 0.15) is 22.3 Å². The van der Waals surface area contributed by atoms with E-state index in [2.05, 4.69) is 10.3 Å². The van der Waals surface area contributed by atoms with E-state index in [9.17, 15) is 9.90 Å². The zero-order chi connectivity index (χ0) is 19.4. The van der Waals surface area contributed by atoms with Gasteiger partial charge in [-0.15, -0.1) is 0 Å². The summed E-state index contributed by atoms with van der Waals surface area (Å²) in [6.45, 7) is 6.95. The number of aliphatic hydroxyl groups is 1. The molecular weight excluding hydrogens is 340 g/mol. The van der Waals surface area contributed by atoms with Crippen molar-refractivity contribution in [2.45, 2.75) is 33.4 Å². The lowest BCUT2D eigenvalue weighted by Crippen LogP contribution is -2.32. The molecule has 0 saturated heterocycles. The molecule has 0 aliphatic rings. The third kappa shape index (κ3) is 4.96. The van der Waals surface area contributed by atoms with E-state index in [1.54, 1.807) is 0 Å². The average molecular weight is 366 g/mol. The van der Waals surface area contributed by atoms with Crippen molar-refractivity contribution in [2.75, 3.05) is 13.2 Å². The van der Waals surface area contributed by atoms with Gasteiger partial charge in [0.2, 0.25) is 0 Å². The van der Waals surface area contributed by atoms with Gasteiger partial charge in [-0.05, 0) is 55.5 Å². The third-order valence-electron chi connectivity index (χ3n) is 4.54. The Morgan fingerprint density at radius 1 is 1.07 bits per heavy atom. The van der Waals surface area contributed by atoms with Crippen LogP contribution in [-0.2, 0) is 6.54 Å². The van der Waals surface area contributed by atoms with Gasteiger partial charge in [0.1, 0.15) is 18.5 Å². The predicted octanol–water partition coefficient (Wildman–Crippen LogP) is 2.98. The summed E-state index contributed by atoms with van der Waals surface area (Å²) >= 11 is 0. The third-order valence-corrected chi connectivity index (χ3v) is 4.54. The van der Waals surface area contributed by atoms with Crippen molar-refractivity contribution < 1.29 is 9.84 Å². The molecule has 0 fully saturated rings. The highest BCUT2D eigenvalue weighted by Crippen LogP contribution is 2.18. The van der Waals surface area contributed by atoms with E-state index >= 15 is 0 Å². The van der Waals surface area contributed by atoms with Crippen molar-refractivity contribution in [3.8, 4) is 5.75 Å². The van der Waals surface area contributed by atoms with Crippen molar-refractivity contribution in [2.24, 2.45) is 0 Å². The van der Waals surface area contributed by atoms with Crippen LogP contribution in [0.25, 0.3) is 10.9 Å². The Balaban J connectivity index is 1.53. The van der Waals surface area contributed by atoms with Crippen molar-refractivity contribution in [1.29, 1.82) is 0 Å². The molecule has 1 unspecified atom stereocenters. The molecule has 5 heteroatoms. The Hall–Kier alpha value is -2.63. The summed E-state index contributed by atoms with van der Waals surface area (Å²) in [5.41, 5.74) is 4.71. The quantitative estimate of drug-likeness (QED) is 0.601. The van der Waals surface area contributed by atoms with Crippen molar-refractivity contribution in [3.63, 3.8) is 0 Å². The molecule has 27 heavy (non-hydrogen) atoms. The van der Waals surface area contributed by atoms with Gasteiger partial charge in [0.25, 0.3) is 5.56 Å². The van der Waals surface area contributed by atoms with Crippen LogP contribution in [0.15, 0.2) is 47.3 Å². The lowest BCUT2D eigenvalue weighted by atomic mass is 10.1. The number of aromatic nitrogens is 1. The van der Waals surface area contributed by atoms with E-state index in [1.165, 1.54) is 5.56 Å². The molecule has 3 aromatic rings. The lowest BCUT2D eigenvalue weighted by Gasteiger charge is -2.15. The molecule has 0 spiro atoms. The number of nitrogens with one attached hydrogen (secondary N) is 2. The SMILES string of the molecule is Cc1ccc(OCC(O)CNCc2cc3ccc(C)cc3[nH]c2=O)c(C)c1. The van der Waals surface area contributed by atoms with Crippen LogP contribution in [-0.4, -0.2) is 29.3 Å². The molecule has 5 nitrogen and oxygen atoms in total. The molecule has 0 amide bonds. The Morgan fingerprint density at radius 2 is 1.81 bits per heavy atom. The Kier molecular flexibility index (Phi) is 5.94. The highest BCUT2D eigenvalue weighted by molar-refractivity contribution is 5.79. The molecule has 2 aromatic carbocycles. The number of fused-ring (bicyclic) bond motifs is 1. The standard InChI is InChI=1S/C22H26N2O3/c1-14-5-7-21(16(3)8-14)27-13-19(25)12-23-11-18-10-17-6-4-15(2)9-20(17)24-22(18)26/h4-10,19,23,25H,11-13H2,1-3H3,(H,24,26). The first-order valence-corrected chi connectivity index (χ1v) is 9.14. The number of hydrogen-bond acceptors (Lipinski definition) is 4. The van der Waals surface area contributed by atoms with E-state index in [4.69, 9.17) is 4.74 Å². The molecule has 1 heterocycles. The van der Waals surface area contributed by atoms with Gasteiger partial charge < -0.3 is 20.1 Å². The van der Waals surface area contributed by atoms with E-state index in [0.29, 0.717) is 18.7 Å². The van der Waals surface area contributed by atoms with Crippen molar-refractivity contribution >= 4 is 10.9 Å². The summed E-state index contributed by atoms with van der Waals surface area (Å²) in [5, 5.41) is 14.3. The maximum absolute atomic E-state index is 12.2. The number of hydrogen-bond donors (Lipinski definition) is 3. The minimum atomic E-state index is -0.659. The molecule has 0 aliphatic heterocycles. The zero-order valence-corrected chi connectivity index (χ0v) is 16.0. The van der Waals surface area contributed by atoms with Gasteiger partial charge in [0, 0.05) is 24.2 Å². The van der Waals surface area contributed by atoms with Gasteiger partial charge in [-0.25, -0.2) is 0 Å². The van der Waals surface area contributed by atoms with Crippen molar-refractivity contribution in [3.05, 3.63) is 75.1 Å². The van der Waals surface area contributed by atoms with Crippen LogP contribution in [0.4, 0.5) is 0 Å². The van der Waals surface area contributed by atoms with Crippen LogP contribution in [0, 0.1) is 20.8 Å². The monoisotopic (exact) mass is 366 g/mol. The molecule has 0 radical (unpaired) electrons. The van der Waals surface area contributed by atoms with Gasteiger partial charge in [0.15, 0.2) is 0 Å². The summed E-state index contributed by atoms with van der Waals surface area (Å²) in [6.07, 6.45) is -0.659. The number of aliphatic hydroxyl groups excluding tert-OH is 1. The number of benzene rings is 2. The molecule has 1 aromatic heterocycles. The summed E-state index contributed by atoms with van der Waals surface area (Å²) in [5.74, 6) is 0.779. The van der Waals surface area contributed by atoms with E-state index in [0.717, 1.165) is 27.8 Å². The second-order valence-corrected chi connectivity index (χ2v) is 7.08. The van der Waals surface area contributed by atoms with Gasteiger partial charge >= 0.3 is 0 Å². The first kappa shape index (κ1) is 19.1. The molecule has 142 valence electrons. The largest absolute Gasteiger partial charge is 0.491 e. The predicted molar refractivity (Wildman–Crippen MR) is 108 cm³/mol. The fraction of sp³-hybridized carbons (Fsp3) is 0.318. The van der Waals surface area contributed by atoms with E-state index < -0.39 is 6.10 Å². The molecule has 0 aliphatic carbocycles. The lowest BCUT2D eigenvalue weighted by molar-refractivity contribution is 0.106. The van der Waals surface area contributed by atoms with E-state index in [1.807, 2.05) is 63.2 Å². The first-order valence-electron chi connectivity index (χ1n) is 9.14. The molecule has 0 saturated carbocycles. The number of aryl methyl sites for hydroxylation is 3. The molecule has 3 N–H and O–H groups in total. The second kappa shape index (κ2) is 8.37. The minimum absolute atomic E-state index is 0.110. The highest BCUT2D eigenvalue weighted by atomic mass is 16.5. The summed E-state index contributed by atoms with van der Waals surface area (Å²) < 4.78 is 5.69. The smallest absolute Gasteiger partial charge is 0.252 e. The summed E-state index contributed by atoms with van der Waals surface area (Å²) in [6, 6.07) is 13.8. The zero-order valence-electron chi connectivity index (χ0n) is 16.0. The van der Waals surface area contributed by atoms with Crippen LogP contribution >= 0.6 is 0 Å². The maximum Gasteiger partial charge on any atom is 0.252 e. The number of aromatic amines is 1. The fourth-order valence-electron chi connectivity index (χ4n) is 3.07. The van der Waals surface area contributed by atoms with Crippen molar-refractivity contribution in [1.82, 2.24) is 10.3 Å². The summed E-state index contributed by atoms with van der Waals surface area (Å²) in [7, 11) is 0. The molecule has 0 bridgehead atoms. The number of pyridine rings is 1. The van der Waals surface area contributed by atoms with Gasteiger partial charge in [-0.1, -0.05) is 29.8 Å². The fourth-order valence-corrected chi connectivity index (χ4v) is 3.07. The number of H-pyrrole nitrogens is 1.